The number of imide groups is 1. The van der Waals surface area contributed by atoms with Crippen molar-refractivity contribution in [1.29, 1.82) is 0 Å². The SMILES string of the molecule is CCN1CCc2c(sc3nc(SC(C)C(=O)NC(N)=O)n(-c4cccc(OC)c4)c(=O)c23)C1. The number of thioether (sulfide) groups is 1. The zero-order valence-electron chi connectivity index (χ0n) is 18.6. The van der Waals surface area contributed by atoms with Crippen molar-refractivity contribution in [3.05, 3.63) is 45.1 Å². The van der Waals surface area contributed by atoms with E-state index in [0.29, 0.717) is 26.8 Å². The predicted octanol–water partition coefficient (Wildman–Crippen LogP) is 2.51. The van der Waals surface area contributed by atoms with Gasteiger partial charge in [0.25, 0.3) is 5.56 Å². The van der Waals surface area contributed by atoms with Crippen molar-refractivity contribution in [2.45, 2.75) is 37.2 Å². The Balaban J connectivity index is 1.88. The molecular weight excluding hydrogens is 462 g/mol. The highest BCUT2D eigenvalue weighted by molar-refractivity contribution is 8.00. The van der Waals surface area contributed by atoms with Crippen LogP contribution in [0.3, 0.4) is 0 Å². The molecule has 174 valence electrons. The molecule has 0 saturated carbocycles. The normalized spacial score (nSPS) is 14.6. The van der Waals surface area contributed by atoms with Gasteiger partial charge in [-0.3, -0.25) is 24.4 Å². The number of likely N-dealkylation sites (N-methyl/N-ethyl adjacent to an activating group) is 1. The number of ether oxygens (including phenoxy) is 1. The molecule has 11 heteroatoms. The van der Waals surface area contributed by atoms with E-state index < -0.39 is 17.2 Å². The second-order valence-corrected chi connectivity index (χ2v) is 10.0. The average molecular weight is 488 g/mol. The van der Waals surface area contributed by atoms with E-state index in [9.17, 15) is 14.4 Å². The number of primary amides is 1. The number of urea groups is 1. The summed E-state index contributed by atoms with van der Waals surface area (Å²) in [5, 5.41) is 2.37. The summed E-state index contributed by atoms with van der Waals surface area (Å²) in [5.74, 6) is 0.0454. The zero-order chi connectivity index (χ0) is 23.7. The molecule has 3 aromatic rings. The Morgan fingerprint density at radius 2 is 2.18 bits per heavy atom. The van der Waals surface area contributed by atoms with E-state index in [2.05, 4.69) is 17.1 Å². The van der Waals surface area contributed by atoms with E-state index in [-0.39, 0.29) is 5.56 Å². The second-order valence-electron chi connectivity index (χ2n) is 7.65. The predicted molar refractivity (Wildman–Crippen MR) is 129 cm³/mol. The van der Waals surface area contributed by atoms with Crippen LogP contribution in [-0.2, 0) is 17.8 Å². The highest BCUT2D eigenvalue weighted by Gasteiger charge is 2.27. The number of thiophene rings is 1. The van der Waals surface area contributed by atoms with Gasteiger partial charge in [0.05, 0.1) is 23.4 Å². The number of methoxy groups -OCH3 is 1. The fraction of sp³-hybridized carbons (Fsp3) is 0.364. The van der Waals surface area contributed by atoms with Crippen LogP contribution >= 0.6 is 23.1 Å². The topological polar surface area (TPSA) is 120 Å². The summed E-state index contributed by atoms with van der Waals surface area (Å²) in [6, 6.07) is 6.22. The molecule has 0 radical (unpaired) electrons. The minimum Gasteiger partial charge on any atom is -0.497 e. The van der Waals surface area contributed by atoms with Crippen molar-refractivity contribution in [2.24, 2.45) is 5.73 Å². The monoisotopic (exact) mass is 487 g/mol. The van der Waals surface area contributed by atoms with Gasteiger partial charge in [-0.25, -0.2) is 9.78 Å². The lowest BCUT2D eigenvalue weighted by atomic mass is 10.1. The Bertz CT molecular complexity index is 1290. The van der Waals surface area contributed by atoms with Crippen molar-refractivity contribution >= 4 is 45.3 Å². The summed E-state index contributed by atoms with van der Waals surface area (Å²) in [6.07, 6.45) is 0.794. The maximum absolute atomic E-state index is 13.8. The van der Waals surface area contributed by atoms with Crippen molar-refractivity contribution in [3.63, 3.8) is 0 Å². The van der Waals surface area contributed by atoms with E-state index >= 15 is 0 Å². The molecule has 1 aliphatic rings. The minimum atomic E-state index is -0.924. The second kappa shape index (κ2) is 9.54. The minimum absolute atomic E-state index is 0.180. The van der Waals surface area contributed by atoms with Gasteiger partial charge in [0, 0.05) is 24.0 Å². The third-order valence-electron chi connectivity index (χ3n) is 5.58. The largest absolute Gasteiger partial charge is 0.497 e. The van der Waals surface area contributed by atoms with Gasteiger partial charge in [-0.2, -0.15) is 0 Å². The number of benzene rings is 1. The fourth-order valence-electron chi connectivity index (χ4n) is 3.84. The van der Waals surface area contributed by atoms with Crippen LogP contribution in [0.25, 0.3) is 15.9 Å². The third-order valence-corrected chi connectivity index (χ3v) is 7.74. The molecule has 0 aliphatic carbocycles. The van der Waals surface area contributed by atoms with Crippen LogP contribution in [0.1, 0.15) is 24.3 Å². The average Bonchev–Trinajstić information content (AvgIpc) is 3.16. The molecule has 1 aliphatic heterocycles. The molecule has 33 heavy (non-hydrogen) atoms. The van der Waals surface area contributed by atoms with Crippen LogP contribution in [0, 0.1) is 0 Å². The van der Waals surface area contributed by atoms with E-state index in [4.69, 9.17) is 15.5 Å². The maximum atomic E-state index is 13.8. The molecule has 0 spiro atoms. The van der Waals surface area contributed by atoms with Crippen molar-refractivity contribution in [3.8, 4) is 11.4 Å². The first kappa shape index (κ1) is 23.3. The number of rotatable bonds is 6. The molecule has 4 rings (SSSR count). The number of fused-ring (bicyclic) bond motifs is 3. The zero-order valence-corrected chi connectivity index (χ0v) is 20.2. The van der Waals surface area contributed by atoms with Gasteiger partial charge in [-0.1, -0.05) is 24.8 Å². The van der Waals surface area contributed by atoms with Gasteiger partial charge in [-0.15, -0.1) is 11.3 Å². The fourth-order valence-corrected chi connectivity index (χ4v) is 6.07. The molecule has 0 fully saturated rings. The summed E-state index contributed by atoms with van der Waals surface area (Å²) in [7, 11) is 1.56. The van der Waals surface area contributed by atoms with Gasteiger partial charge >= 0.3 is 6.03 Å². The van der Waals surface area contributed by atoms with Crippen LogP contribution in [0.4, 0.5) is 4.79 Å². The maximum Gasteiger partial charge on any atom is 0.318 e. The van der Waals surface area contributed by atoms with E-state index in [1.165, 1.54) is 15.9 Å². The molecule has 1 atom stereocenters. The Morgan fingerprint density at radius 1 is 1.39 bits per heavy atom. The first-order chi connectivity index (χ1) is 15.8. The molecular formula is C22H25N5O4S2. The molecule has 3 heterocycles. The van der Waals surface area contributed by atoms with E-state index in [1.54, 1.807) is 38.3 Å². The van der Waals surface area contributed by atoms with Gasteiger partial charge in [0.2, 0.25) is 5.91 Å². The lowest BCUT2D eigenvalue weighted by Gasteiger charge is -2.25. The van der Waals surface area contributed by atoms with E-state index in [0.717, 1.165) is 48.3 Å². The number of nitrogens with zero attached hydrogens (tertiary/aromatic N) is 3. The molecule has 1 unspecified atom stereocenters. The van der Waals surface area contributed by atoms with Crippen LogP contribution in [0.15, 0.2) is 34.2 Å². The molecule has 0 saturated heterocycles. The summed E-state index contributed by atoms with van der Waals surface area (Å²) in [6.45, 7) is 6.40. The first-order valence-corrected chi connectivity index (χ1v) is 12.2. The highest BCUT2D eigenvalue weighted by Crippen LogP contribution is 2.35. The summed E-state index contributed by atoms with van der Waals surface area (Å²) < 4.78 is 6.86. The smallest absolute Gasteiger partial charge is 0.318 e. The molecule has 2 aromatic heterocycles. The van der Waals surface area contributed by atoms with Crippen molar-refractivity contribution < 1.29 is 14.3 Å². The number of hydrogen-bond acceptors (Lipinski definition) is 8. The molecule has 9 nitrogen and oxygen atoms in total. The van der Waals surface area contributed by atoms with Gasteiger partial charge < -0.3 is 10.5 Å². The Kier molecular flexibility index (Phi) is 6.73. The van der Waals surface area contributed by atoms with Crippen LogP contribution in [0.2, 0.25) is 0 Å². The lowest BCUT2D eigenvalue weighted by Crippen LogP contribution is -2.39. The number of carbonyl (C=O) groups is 2. The van der Waals surface area contributed by atoms with Crippen LogP contribution in [0.5, 0.6) is 5.75 Å². The molecule has 1 aromatic carbocycles. The summed E-state index contributed by atoms with van der Waals surface area (Å²) in [4.78, 5) is 46.2. The third kappa shape index (κ3) is 4.61. The summed E-state index contributed by atoms with van der Waals surface area (Å²) in [5.41, 5.74) is 6.56. The standard InChI is InChI=1S/C22H25N5O4S2/c1-4-26-9-8-15-16(11-26)33-19-17(15)20(29)27(13-6-5-7-14(10-13)31-3)22(25-19)32-12(2)18(28)24-21(23)30/h5-7,10,12H,4,8-9,11H2,1-3H3,(H3,23,24,28,30). The van der Waals surface area contributed by atoms with Gasteiger partial charge in [-0.05, 0) is 37.6 Å². The number of nitrogens with two attached hydrogens (primary N) is 1. The van der Waals surface area contributed by atoms with Gasteiger partial charge in [0.1, 0.15) is 10.6 Å². The van der Waals surface area contributed by atoms with Crippen molar-refractivity contribution in [1.82, 2.24) is 19.8 Å². The number of aromatic nitrogens is 2. The molecule has 0 bridgehead atoms. The van der Waals surface area contributed by atoms with Crippen LogP contribution < -0.4 is 21.3 Å². The number of nitrogens with one attached hydrogen (secondary N) is 1. The summed E-state index contributed by atoms with van der Waals surface area (Å²) >= 11 is 2.62. The Hall–Kier alpha value is -2.89. The lowest BCUT2D eigenvalue weighted by molar-refractivity contribution is -0.119. The van der Waals surface area contributed by atoms with E-state index in [1.807, 2.05) is 0 Å². The molecule has 3 amide bonds. The number of amides is 3. The Labute approximate surface area is 198 Å². The first-order valence-electron chi connectivity index (χ1n) is 10.5. The number of hydrogen-bond donors (Lipinski definition) is 2. The highest BCUT2D eigenvalue weighted by atomic mass is 32.2. The molecule has 3 N–H and O–H groups in total. The van der Waals surface area contributed by atoms with Crippen LogP contribution in [-0.4, -0.2) is 51.8 Å². The quantitative estimate of drug-likeness (QED) is 0.405. The van der Waals surface area contributed by atoms with Crippen molar-refractivity contribution in [2.75, 3.05) is 20.2 Å². The Morgan fingerprint density at radius 3 is 2.88 bits per heavy atom. The van der Waals surface area contributed by atoms with Gasteiger partial charge in [0.15, 0.2) is 5.16 Å². The number of carbonyl (C=O) groups excluding carboxylic acids is 2.